The number of anilines is 2. The number of hydrogen-bond acceptors (Lipinski definition) is 3. The van der Waals surface area contributed by atoms with Crippen LogP contribution in [-0.4, -0.2) is 9.97 Å². The average Bonchev–Trinajstić information content (AvgIpc) is 2.49. The molecule has 3 rings (SSSR count). The lowest BCUT2D eigenvalue weighted by atomic mass is 10.2. The van der Waals surface area contributed by atoms with Crippen molar-refractivity contribution in [1.82, 2.24) is 9.97 Å². The van der Waals surface area contributed by atoms with Gasteiger partial charge in [-0.2, -0.15) is 0 Å². The van der Waals surface area contributed by atoms with Crippen LogP contribution in [0.25, 0.3) is 11.0 Å². The van der Waals surface area contributed by atoms with Crippen LogP contribution in [0.1, 0.15) is 5.69 Å². The maximum absolute atomic E-state index is 13.7. The molecule has 1 heterocycles. The Morgan fingerprint density at radius 2 is 1.60 bits per heavy atom. The standard InChI is InChI=1S/C16H10FN3/c1-2-12-16(19-13-8-4-3-7-11(13)17)20-15-10-6-5-9-14(15)18-12/h1,3-10H,(H,19,20). The first-order valence-electron chi connectivity index (χ1n) is 6.03. The van der Waals surface area contributed by atoms with Crippen LogP contribution < -0.4 is 5.32 Å². The Labute approximate surface area is 115 Å². The molecular weight excluding hydrogens is 253 g/mol. The Kier molecular flexibility index (Phi) is 3.02. The highest BCUT2D eigenvalue weighted by Gasteiger charge is 2.09. The van der Waals surface area contributed by atoms with Gasteiger partial charge in [-0.15, -0.1) is 6.42 Å². The first kappa shape index (κ1) is 12.1. The van der Waals surface area contributed by atoms with Crippen molar-refractivity contribution < 1.29 is 4.39 Å². The summed E-state index contributed by atoms with van der Waals surface area (Å²) in [4.78, 5) is 8.74. The topological polar surface area (TPSA) is 37.8 Å². The summed E-state index contributed by atoms with van der Waals surface area (Å²) >= 11 is 0. The highest BCUT2D eigenvalue weighted by atomic mass is 19.1. The molecule has 3 nitrogen and oxygen atoms in total. The zero-order valence-corrected chi connectivity index (χ0v) is 10.5. The number of halogens is 1. The molecule has 0 fully saturated rings. The summed E-state index contributed by atoms with van der Waals surface area (Å²) in [6, 6.07) is 13.7. The summed E-state index contributed by atoms with van der Waals surface area (Å²) < 4.78 is 13.7. The van der Waals surface area contributed by atoms with Crippen molar-refractivity contribution in [2.24, 2.45) is 0 Å². The molecule has 20 heavy (non-hydrogen) atoms. The largest absolute Gasteiger partial charge is 0.335 e. The SMILES string of the molecule is C#Cc1nc2ccccc2nc1Nc1ccccc1F. The Balaban J connectivity index is 2.11. The van der Waals surface area contributed by atoms with Gasteiger partial charge in [0.15, 0.2) is 11.5 Å². The summed E-state index contributed by atoms with van der Waals surface area (Å²) in [5, 5.41) is 2.89. The molecule has 0 unspecified atom stereocenters. The predicted molar refractivity (Wildman–Crippen MR) is 77.2 cm³/mol. The van der Waals surface area contributed by atoms with Gasteiger partial charge in [-0.25, -0.2) is 14.4 Å². The number of rotatable bonds is 2. The van der Waals surface area contributed by atoms with E-state index in [1.54, 1.807) is 18.2 Å². The van der Waals surface area contributed by atoms with Crippen molar-refractivity contribution in [2.45, 2.75) is 0 Å². The van der Waals surface area contributed by atoms with Crippen molar-refractivity contribution >= 4 is 22.5 Å². The fraction of sp³-hybridized carbons (Fsp3) is 0. The lowest BCUT2D eigenvalue weighted by Gasteiger charge is -2.09. The number of aromatic nitrogens is 2. The Bertz CT molecular complexity index is 821. The molecule has 2 aromatic carbocycles. The minimum atomic E-state index is -0.370. The Morgan fingerprint density at radius 1 is 0.950 bits per heavy atom. The van der Waals surface area contributed by atoms with Crippen LogP contribution >= 0.6 is 0 Å². The van der Waals surface area contributed by atoms with Crippen LogP contribution in [0, 0.1) is 18.2 Å². The number of benzene rings is 2. The minimum Gasteiger partial charge on any atom is -0.335 e. The molecule has 0 aliphatic heterocycles. The number of terminal acetylenes is 1. The maximum atomic E-state index is 13.7. The van der Waals surface area contributed by atoms with E-state index in [0.29, 0.717) is 28.2 Å². The third kappa shape index (κ3) is 2.17. The van der Waals surface area contributed by atoms with Crippen molar-refractivity contribution in [1.29, 1.82) is 0 Å². The molecule has 0 bridgehead atoms. The second-order valence-corrected chi connectivity index (χ2v) is 4.16. The number of nitrogens with one attached hydrogen (secondary N) is 1. The summed E-state index contributed by atoms with van der Waals surface area (Å²) in [6.45, 7) is 0. The molecule has 96 valence electrons. The number of hydrogen-bond donors (Lipinski definition) is 1. The predicted octanol–water partition coefficient (Wildman–Crippen LogP) is 3.49. The second-order valence-electron chi connectivity index (χ2n) is 4.16. The molecule has 0 atom stereocenters. The van der Waals surface area contributed by atoms with Crippen LogP contribution in [0.3, 0.4) is 0 Å². The zero-order chi connectivity index (χ0) is 13.9. The van der Waals surface area contributed by atoms with E-state index in [4.69, 9.17) is 6.42 Å². The highest BCUT2D eigenvalue weighted by Crippen LogP contribution is 2.22. The highest BCUT2D eigenvalue weighted by molar-refractivity contribution is 5.78. The van der Waals surface area contributed by atoms with E-state index in [0.717, 1.165) is 0 Å². The van der Waals surface area contributed by atoms with Crippen LogP contribution in [0.4, 0.5) is 15.9 Å². The molecule has 0 saturated carbocycles. The van der Waals surface area contributed by atoms with Crippen molar-refractivity contribution in [3.05, 3.63) is 60.0 Å². The fourth-order valence-electron chi connectivity index (χ4n) is 1.88. The smallest absolute Gasteiger partial charge is 0.165 e. The normalized spacial score (nSPS) is 10.2. The third-order valence-corrected chi connectivity index (χ3v) is 2.83. The van der Waals surface area contributed by atoms with Crippen molar-refractivity contribution in [3.8, 4) is 12.3 Å². The van der Waals surface area contributed by atoms with E-state index in [-0.39, 0.29) is 5.82 Å². The number of nitrogens with zero attached hydrogens (tertiary/aromatic N) is 2. The van der Waals surface area contributed by atoms with E-state index in [2.05, 4.69) is 21.2 Å². The first-order valence-corrected chi connectivity index (χ1v) is 6.03. The van der Waals surface area contributed by atoms with Gasteiger partial charge in [0.05, 0.1) is 16.7 Å². The third-order valence-electron chi connectivity index (χ3n) is 2.83. The lowest BCUT2D eigenvalue weighted by molar-refractivity contribution is 0.632. The molecule has 0 aliphatic rings. The van der Waals surface area contributed by atoms with Crippen molar-refractivity contribution in [3.63, 3.8) is 0 Å². The quantitative estimate of drug-likeness (QED) is 0.719. The molecule has 4 heteroatoms. The number of fused-ring (bicyclic) bond motifs is 1. The van der Waals surface area contributed by atoms with E-state index in [9.17, 15) is 4.39 Å². The van der Waals surface area contributed by atoms with Crippen LogP contribution in [0.2, 0.25) is 0 Å². The van der Waals surface area contributed by atoms with Gasteiger partial charge < -0.3 is 5.32 Å². The molecular formula is C16H10FN3. The molecule has 0 amide bonds. The molecule has 0 spiro atoms. The molecule has 0 saturated heterocycles. The summed E-state index contributed by atoms with van der Waals surface area (Å²) in [7, 11) is 0. The van der Waals surface area contributed by atoms with Gasteiger partial charge >= 0.3 is 0 Å². The fourth-order valence-corrected chi connectivity index (χ4v) is 1.88. The molecule has 3 aromatic rings. The maximum Gasteiger partial charge on any atom is 0.165 e. The van der Waals surface area contributed by atoms with Gasteiger partial charge in [0.1, 0.15) is 5.82 Å². The van der Waals surface area contributed by atoms with Gasteiger partial charge in [-0.3, -0.25) is 0 Å². The van der Waals surface area contributed by atoms with Gasteiger partial charge in [0, 0.05) is 0 Å². The van der Waals surface area contributed by atoms with Gasteiger partial charge in [0.25, 0.3) is 0 Å². The van der Waals surface area contributed by atoms with Gasteiger partial charge in [0.2, 0.25) is 0 Å². The van der Waals surface area contributed by atoms with Crippen LogP contribution in [0.5, 0.6) is 0 Å². The van der Waals surface area contributed by atoms with Gasteiger partial charge in [-0.05, 0) is 30.2 Å². The zero-order valence-electron chi connectivity index (χ0n) is 10.5. The Hall–Kier alpha value is -2.93. The monoisotopic (exact) mass is 263 g/mol. The van der Waals surface area contributed by atoms with E-state index in [1.807, 2.05) is 24.3 Å². The van der Waals surface area contributed by atoms with Gasteiger partial charge in [-0.1, -0.05) is 24.3 Å². The Morgan fingerprint density at radius 3 is 2.30 bits per heavy atom. The average molecular weight is 263 g/mol. The van der Waals surface area contributed by atoms with Crippen molar-refractivity contribution in [2.75, 3.05) is 5.32 Å². The second kappa shape index (κ2) is 4.98. The molecule has 0 radical (unpaired) electrons. The summed E-state index contributed by atoms with van der Waals surface area (Å²) in [5.74, 6) is 2.47. The van der Waals surface area contributed by atoms with Crippen LogP contribution in [-0.2, 0) is 0 Å². The summed E-state index contributed by atoms with van der Waals surface area (Å²) in [5.41, 5.74) is 2.07. The molecule has 1 aromatic heterocycles. The molecule has 0 aliphatic carbocycles. The van der Waals surface area contributed by atoms with E-state index >= 15 is 0 Å². The molecule has 1 N–H and O–H groups in total. The number of para-hydroxylation sites is 3. The summed E-state index contributed by atoms with van der Waals surface area (Å²) in [6.07, 6.45) is 5.45. The van der Waals surface area contributed by atoms with E-state index < -0.39 is 0 Å². The first-order chi connectivity index (χ1) is 9.78. The lowest BCUT2D eigenvalue weighted by Crippen LogP contribution is -2.01. The van der Waals surface area contributed by atoms with E-state index in [1.165, 1.54) is 6.07 Å². The van der Waals surface area contributed by atoms with Crippen LogP contribution in [0.15, 0.2) is 48.5 Å². The minimum absolute atomic E-state index is 0.314.